The smallest absolute Gasteiger partial charge is 0.190 e. The number of nitrogens with zero attached hydrogens (tertiary/aromatic N) is 2. The summed E-state index contributed by atoms with van der Waals surface area (Å²) in [6, 6.07) is 2.00. The molecule has 4 rings (SSSR count). The van der Waals surface area contributed by atoms with Gasteiger partial charge in [-0.1, -0.05) is 0 Å². The monoisotopic (exact) mass is 252 g/mol. The molecule has 3 fully saturated rings. The molecule has 0 saturated carbocycles. The summed E-state index contributed by atoms with van der Waals surface area (Å²) in [6.45, 7) is 4.39. The number of hydrogen-bond donors (Lipinski definition) is 0. The highest BCUT2D eigenvalue weighted by molar-refractivity contribution is 5.02. The standard InChI is InChI=1S/C12H16N2O4/c1-12(2)17-10-9-8(16-11(10)18-12)7(6-15-9)14-5-3-4-13-14/h3-5,7-11H,6H2,1-2H3. The van der Waals surface area contributed by atoms with E-state index in [2.05, 4.69) is 5.10 Å². The second-order valence-corrected chi connectivity index (χ2v) is 5.42. The van der Waals surface area contributed by atoms with Crippen molar-refractivity contribution in [2.75, 3.05) is 6.61 Å². The molecule has 0 spiro atoms. The molecule has 98 valence electrons. The predicted octanol–water partition coefficient (Wildman–Crippen LogP) is 0.699. The highest BCUT2D eigenvalue weighted by atomic mass is 16.8. The molecular formula is C12H16N2O4. The Morgan fingerprint density at radius 2 is 2.11 bits per heavy atom. The van der Waals surface area contributed by atoms with E-state index in [4.69, 9.17) is 18.9 Å². The third kappa shape index (κ3) is 1.46. The fourth-order valence-corrected chi connectivity index (χ4v) is 3.01. The molecule has 0 aromatic carbocycles. The molecule has 0 radical (unpaired) electrons. The zero-order chi connectivity index (χ0) is 12.3. The molecule has 0 N–H and O–H groups in total. The van der Waals surface area contributed by atoms with Crippen molar-refractivity contribution >= 4 is 0 Å². The predicted molar refractivity (Wildman–Crippen MR) is 59.7 cm³/mol. The Hall–Kier alpha value is -0.950. The lowest BCUT2D eigenvalue weighted by Gasteiger charge is -2.22. The minimum Gasteiger partial charge on any atom is -0.370 e. The minimum atomic E-state index is -0.590. The lowest BCUT2D eigenvalue weighted by molar-refractivity contribution is -0.211. The molecule has 3 aliphatic rings. The average Bonchev–Trinajstić information content (AvgIpc) is 2.97. The Morgan fingerprint density at radius 3 is 2.89 bits per heavy atom. The Morgan fingerprint density at radius 1 is 1.22 bits per heavy atom. The van der Waals surface area contributed by atoms with E-state index in [0.29, 0.717) is 6.61 Å². The summed E-state index contributed by atoms with van der Waals surface area (Å²) >= 11 is 0. The van der Waals surface area contributed by atoms with Crippen molar-refractivity contribution in [3.8, 4) is 0 Å². The zero-order valence-corrected chi connectivity index (χ0v) is 10.4. The first-order valence-corrected chi connectivity index (χ1v) is 6.26. The van der Waals surface area contributed by atoms with Gasteiger partial charge in [-0.05, 0) is 19.9 Å². The van der Waals surface area contributed by atoms with E-state index in [-0.39, 0.29) is 30.6 Å². The molecule has 4 heterocycles. The molecule has 6 heteroatoms. The van der Waals surface area contributed by atoms with E-state index in [1.54, 1.807) is 6.20 Å². The van der Waals surface area contributed by atoms with Gasteiger partial charge >= 0.3 is 0 Å². The Labute approximate surface area is 105 Å². The number of fused-ring (bicyclic) bond motifs is 3. The lowest BCUT2D eigenvalue weighted by atomic mass is 10.1. The van der Waals surface area contributed by atoms with Crippen molar-refractivity contribution in [3.63, 3.8) is 0 Å². The minimum absolute atomic E-state index is 0.0454. The van der Waals surface area contributed by atoms with Crippen LogP contribution in [-0.2, 0) is 18.9 Å². The largest absolute Gasteiger partial charge is 0.370 e. The molecule has 5 atom stereocenters. The topological polar surface area (TPSA) is 54.7 Å². The fourth-order valence-electron chi connectivity index (χ4n) is 3.01. The number of rotatable bonds is 1. The van der Waals surface area contributed by atoms with Crippen molar-refractivity contribution in [3.05, 3.63) is 18.5 Å². The Bertz CT molecular complexity index is 447. The van der Waals surface area contributed by atoms with Gasteiger partial charge in [-0.25, -0.2) is 0 Å². The zero-order valence-electron chi connectivity index (χ0n) is 10.4. The maximum absolute atomic E-state index is 5.95. The average molecular weight is 252 g/mol. The van der Waals surface area contributed by atoms with Crippen LogP contribution in [0.1, 0.15) is 19.9 Å². The summed E-state index contributed by atoms with van der Waals surface area (Å²) in [5, 5.41) is 4.26. The van der Waals surface area contributed by atoms with Crippen LogP contribution in [0.4, 0.5) is 0 Å². The van der Waals surface area contributed by atoms with Gasteiger partial charge in [0.25, 0.3) is 0 Å². The summed E-state index contributed by atoms with van der Waals surface area (Å²) in [6.07, 6.45) is 3.12. The van der Waals surface area contributed by atoms with Crippen LogP contribution in [0.5, 0.6) is 0 Å². The van der Waals surface area contributed by atoms with E-state index in [9.17, 15) is 0 Å². The van der Waals surface area contributed by atoms with Crippen LogP contribution < -0.4 is 0 Å². The van der Waals surface area contributed by atoms with E-state index >= 15 is 0 Å². The van der Waals surface area contributed by atoms with Gasteiger partial charge in [-0.15, -0.1) is 0 Å². The van der Waals surface area contributed by atoms with Crippen LogP contribution in [0, 0.1) is 0 Å². The molecule has 5 unspecified atom stereocenters. The van der Waals surface area contributed by atoms with Gasteiger partial charge in [-0.3, -0.25) is 4.68 Å². The van der Waals surface area contributed by atoms with E-state index < -0.39 is 5.79 Å². The second kappa shape index (κ2) is 3.54. The number of hydrogen-bond acceptors (Lipinski definition) is 5. The molecular weight excluding hydrogens is 236 g/mol. The molecule has 0 amide bonds. The van der Waals surface area contributed by atoms with Crippen LogP contribution in [0.2, 0.25) is 0 Å². The second-order valence-electron chi connectivity index (χ2n) is 5.42. The van der Waals surface area contributed by atoms with Gasteiger partial charge in [0.2, 0.25) is 0 Å². The van der Waals surface area contributed by atoms with Gasteiger partial charge in [0.1, 0.15) is 24.4 Å². The molecule has 6 nitrogen and oxygen atoms in total. The SMILES string of the molecule is CC1(C)OC2OC3C(OCC3n3cccn3)C2O1. The molecule has 0 bridgehead atoms. The van der Waals surface area contributed by atoms with Gasteiger partial charge in [0, 0.05) is 12.4 Å². The van der Waals surface area contributed by atoms with Crippen molar-refractivity contribution in [1.29, 1.82) is 0 Å². The maximum Gasteiger partial charge on any atom is 0.190 e. The third-order valence-electron chi connectivity index (χ3n) is 3.73. The van der Waals surface area contributed by atoms with Crippen molar-refractivity contribution in [2.24, 2.45) is 0 Å². The van der Waals surface area contributed by atoms with Gasteiger partial charge in [0.15, 0.2) is 12.1 Å². The summed E-state index contributed by atoms with van der Waals surface area (Å²) in [4.78, 5) is 0. The molecule has 1 aromatic rings. The Balaban J connectivity index is 1.57. The summed E-state index contributed by atoms with van der Waals surface area (Å²) < 4.78 is 25.2. The van der Waals surface area contributed by atoms with Crippen molar-refractivity contribution in [1.82, 2.24) is 9.78 Å². The number of ether oxygens (including phenoxy) is 4. The third-order valence-corrected chi connectivity index (χ3v) is 3.73. The van der Waals surface area contributed by atoms with Crippen LogP contribution >= 0.6 is 0 Å². The Kier molecular flexibility index (Phi) is 2.15. The van der Waals surface area contributed by atoms with E-state index in [0.717, 1.165) is 0 Å². The van der Waals surface area contributed by atoms with Crippen molar-refractivity contribution in [2.45, 2.75) is 50.3 Å². The summed E-state index contributed by atoms with van der Waals surface area (Å²) in [7, 11) is 0. The first-order valence-electron chi connectivity index (χ1n) is 6.26. The van der Waals surface area contributed by atoms with Gasteiger partial charge < -0.3 is 18.9 Å². The molecule has 0 aliphatic carbocycles. The van der Waals surface area contributed by atoms with Crippen LogP contribution in [-0.4, -0.2) is 46.8 Å². The first-order chi connectivity index (χ1) is 8.64. The van der Waals surface area contributed by atoms with Gasteiger partial charge in [0.05, 0.1) is 6.61 Å². The highest BCUT2D eigenvalue weighted by Gasteiger charge is 2.60. The van der Waals surface area contributed by atoms with Crippen LogP contribution in [0.25, 0.3) is 0 Å². The van der Waals surface area contributed by atoms with Crippen LogP contribution in [0.3, 0.4) is 0 Å². The normalized spacial score (nSPS) is 45.1. The first kappa shape index (κ1) is 10.9. The molecule has 3 saturated heterocycles. The molecule has 1 aromatic heterocycles. The van der Waals surface area contributed by atoms with Crippen LogP contribution in [0.15, 0.2) is 18.5 Å². The van der Waals surface area contributed by atoms with E-state index in [1.807, 2.05) is 30.8 Å². The quantitative estimate of drug-likeness (QED) is 0.736. The molecule has 3 aliphatic heterocycles. The lowest BCUT2D eigenvalue weighted by Crippen LogP contribution is -2.34. The van der Waals surface area contributed by atoms with Gasteiger partial charge in [-0.2, -0.15) is 5.10 Å². The molecule has 18 heavy (non-hydrogen) atoms. The summed E-state index contributed by atoms with van der Waals surface area (Å²) in [5.41, 5.74) is 0. The highest BCUT2D eigenvalue weighted by Crippen LogP contribution is 2.44. The number of aromatic nitrogens is 2. The van der Waals surface area contributed by atoms with Crippen molar-refractivity contribution < 1.29 is 18.9 Å². The van der Waals surface area contributed by atoms with E-state index in [1.165, 1.54) is 0 Å². The maximum atomic E-state index is 5.95. The fraction of sp³-hybridized carbons (Fsp3) is 0.750. The summed E-state index contributed by atoms with van der Waals surface area (Å²) in [5.74, 6) is -0.590.